The summed E-state index contributed by atoms with van der Waals surface area (Å²) in [6.07, 6.45) is 5.25. The van der Waals surface area contributed by atoms with Crippen LogP contribution < -0.4 is 0 Å². The Kier molecular flexibility index (Phi) is 3.68. The second kappa shape index (κ2) is 5.05. The summed E-state index contributed by atoms with van der Waals surface area (Å²) in [6.45, 7) is 3.56. The average molecular weight is 236 g/mol. The molecular formula is C13H20N2O2. The Balaban J connectivity index is 1.85. The minimum absolute atomic E-state index is 0.132. The third-order valence-corrected chi connectivity index (χ3v) is 3.65. The van der Waals surface area contributed by atoms with Gasteiger partial charge in [-0.15, -0.1) is 0 Å². The van der Waals surface area contributed by atoms with E-state index in [-0.39, 0.29) is 11.4 Å². The summed E-state index contributed by atoms with van der Waals surface area (Å²) in [4.78, 5) is 13.7. The maximum Gasteiger partial charge on any atom is 0.320 e. The van der Waals surface area contributed by atoms with E-state index in [1.54, 1.807) is 0 Å². The van der Waals surface area contributed by atoms with Gasteiger partial charge >= 0.3 is 5.97 Å². The molecule has 0 aromatic heterocycles. The van der Waals surface area contributed by atoms with Crippen LogP contribution in [0.2, 0.25) is 0 Å². The summed E-state index contributed by atoms with van der Waals surface area (Å²) in [5.41, 5.74) is 0.184. The van der Waals surface area contributed by atoms with E-state index in [0.29, 0.717) is 25.6 Å². The highest BCUT2D eigenvalue weighted by Crippen LogP contribution is 2.50. The van der Waals surface area contributed by atoms with Crippen LogP contribution in [0.4, 0.5) is 0 Å². The number of carbonyl (C=O) groups is 1. The molecule has 0 spiro atoms. The van der Waals surface area contributed by atoms with Gasteiger partial charge in [0.1, 0.15) is 0 Å². The second-order valence-corrected chi connectivity index (χ2v) is 5.28. The summed E-state index contributed by atoms with van der Waals surface area (Å²) >= 11 is 0. The normalized spacial score (nSPS) is 21.0. The summed E-state index contributed by atoms with van der Waals surface area (Å²) in [5, 5.41) is 8.81. The number of nitriles is 1. The van der Waals surface area contributed by atoms with Crippen LogP contribution in [-0.2, 0) is 9.53 Å². The first-order chi connectivity index (χ1) is 8.19. The van der Waals surface area contributed by atoms with Crippen molar-refractivity contribution in [3.05, 3.63) is 0 Å². The first-order valence-corrected chi connectivity index (χ1v) is 6.46. The van der Waals surface area contributed by atoms with Gasteiger partial charge in [0.05, 0.1) is 19.2 Å². The molecular weight excluding hydrogens is 216 g/mol. The van der Waals surface area contributed by atoms with Crippen LogP contribution in [0.15, 0.2) is 0 Å². The lowest BCUT2D eigenvalue weighted by Gasteiger charge is -2.25. The fourth-order valence-corrected chi connectivity index (χ4v) is 2.29. The summed E-state index contributed by atoms with van der Waals surface area (Å²) in [6, 6.07) is 2.82. The third-order valence-electron chi connectivity index (χ3n) is 3.65. The van der Waals surface area contributed by atoms with E-state index in [1.165, 1.54) is 12.8 Å². The summed E-state index contributed by atoms with van der Waals surface area (Å²) in [5.74, 6) is -0.132. The van der Waals surface area contributed by atoms with Crippen molar-refractivity contribution in [3.63, 3.8) is 0 Å². The van der Waals surface area contributed by atoms with Crippen LogP contribution in [0.3, 0.4) is 0 Å². The smallest absolute Gasteiger partial charge is 0.320 e. The predicted octanol–water partition coefficient (Wildman–Crippen LogP) is 1.71. The van der Waals surface area contributed by atoms with E-state index in [9.17, 15) is 4.79 Å². The number of nitrogens with zero attached hydrogens (tertiary/aromatic N) is 2. The van der Waals surface area contributed by atoms with Gasteiger partial charge in [0.15, 0.2) is 0 Å². The molecule has 0 unspecified atom stereocenters. The highest BCUT2D eigenvalue weighted by molar-refractivity contribution is 5.71. The molecule has 2 saturated carbocycles. The Morgan fingerprint density at radius 2 is 2.24 bits per heavy atom. The SMILES string of the molecule is CCOC(=O)CN(CC1(CC#N)CC1)C1CC1. The van der Waals surface area contributed by atoms with Gasteiger partial charge in [0.2, 0.25) is 0 Å². The van der Waals surface area contributed by atoms with Crippen molar-refractivity contribution in [3.8, 4) is 6.07 Å². The van der Waals surface area contributed by atoms with Crippen molar-refractivity contribution >= 4 is 5.97 Å². The van der Waals surface area contributed by atoms with Gasteiger partial charge in [-0.3, -0.25) is 9.69 Å². The average Bonchev–Trinajstić information content (AvgIpc) is 3.12. The van der Waals surface area contributed by atoms with Crippen molar-refractivity contribution in [2.24, 2.45) is 5.41 Å². The lowest BCUT2D eigenvalue weighted by molar-refractivity contribution is -0.144. The van der Waals surface area contributed by atoms with E-state index >= 15 is 0 Å². The molecule has 0 aromatic carbocycles. The van der Waals surface area contributed by atoms with Crippen LogP contribution in [0.25, 0.3) is 0 Å². The van der Waals surface area contributed by atoms with Crippen molar-refractivity contribution in [1.82, 2.24) is 4.90 Å². The molecule has 0 aromatic rings. The van der Waals surface area contributed by atoms with Crippen LogP contribution in [0.1, 0.15) is 39.0 Å². The highest BCUT2D eigenvalue weighted by Gasteiger charge is 2.46. The molecule has 0 saturated heterocycles. The van der Waals surface area contributed by atoms with Gasteiger partial charge in [-0.1, -0.05) is 0 Å². The molecule has 4 nitrogen and oxygen atoms in total. The number of carbonyl (C=O) groups excluding carboxylic acids is 1. The number of esters is 1. The topological polar surface area (TPSA) is 53.3 Å². The highest BCUT2D eigenvalue weighted by atomic mass is 16.5. The third kappa shape index (κ3) is 3.44. The van der Waals surface area contributed by atoms with Crippen molar-refractivity contribution in [2.45, 2.75) is 45.1 Å². The van der Waals surface area contributed by atoms with Gasteiger partial charge < -0.3 is 4.74 Å². The molecule has 2 rings (SSSR count). The first kappa shape index (κ1) is 12.4. The Hall–Kier alpha value is -1.08. The maximum atomic E-state index is 11.5. The van der Waals surface area contributed by atoms with Crippen molar-refractivity contribution < 1.29 is 9.53 Å². The lowest BCUT2D eigenvalue weighted by atomic mass is 10.0. The zero-order chi connectivity index (χ0) is 12.3. The molecule has 2 aliphatic rings. The van der Waals surface area contributed by atoms with E-state index in [0.717, 1.165) is 19.4 Å². The van der Waals surface area contributed by atoms with E-state index in [2.05, 4.69) is 11.0 Å². The van der Waals surface area contributed by atoms with Gasteiger partial charge in [0.25, 0.3) is 0 Å². The zero-order valence-electron chi connectivity index (χ0n) is 10.4. The number of rotatable bonds is 7. The predicted molar refractivity (Wildman–Crippen MR) is 63.1 cm³/mol. The molecule has 0 N–H and O–H groups in total. The van der Waals surface area contributed by atoms with Crippen LogP contribution in [0.5, 0.6) is 0 Å². The summed E-state index contributed by atoms with van der Waals surface area (Å²) in [7, 11) is 0. The number of hydrogen-bond acceptors (Lipinski definition) is 4. The van der Waals surface area contributed by atoms with E-state index in [1.807, 2.05) is 6.92 Å². The minimum Gasteiger partial charge on any atom is -0.465 e. The van der Waals surface area contributed by atoms with Gasteiger partial charge in [-0.05, 0) is 38.0 Å². The maximum absolute atomic E-state index is 11.5. The van der Waals surface area contributed by atoms with Crippen LogP contribution in [0, 0.1) is 16.7 Å². The minimum atomic E-state index is -0.132. The molecule has 0 aliphatic heterocycles. The van der Waals surface area contributed by atoms with Crippen LogP contribution >= 0.6 is 0 Å². The van der Waals surface area contributed by atoms with Gasteiger partial charge in [0, 0.05) is 19.0 Å². The Morgan fingerprint density at radius 3 is 2.71 bits per heavy atom. The number of ether oxygens (including phenoxy) is 1. The van der Waals surface area contributed by atoms with Crippen LogP contribution in [-0.4, -0.2) is 36.6 Å². The lowest BCUT2D eigenvalue weighted by Crippen LogP contribution is -2.37. The largest absolute Gasteiger partial charge is 0.465 e. The molecule has 94 valence electrons. The summed E-state index contributed by atoms with van der Waals surface area (Å²) < 4.78 is 5.00. The fourth-order valence-electron chi connectivity index (χ4n) is 2.29. The number of hydrogen-bond donors (Lipinski definition) is 0. The molecule has 0 atom stereocenters. The Bertz CT molecular complexity index is 327. The van der Waals surface area contributed by atoms with Gasteiger partial charge in [-0.25, -0.2) is 0 Å². The quantitative estimate of drug-likeness (QED) is 0.631. The monoisotopic (exact) mass is 236 g/mol. The second-order valence-electron chi connectivity index (χ2n) is 5.28. The first-order valence-electron chi connectivity index (χ1n) is 6.46. The molecule has 0 amide bonds. The molecule has 0 heterocycles. The molecule has 0 radical (unpaired) electrons. The zero-order valence-corrected chi connectivity index (χ0v) is 10.4. The van der Waals surface area contributed by atoms with E-state index < -0.39 is 0 Å². The van der Waals surface area contributed by atoms with E-state index in [4.69, 9.17) is 10.00 Å². The Morgan fingerprint density at radius 1 is 1.53 bits per heavy atom. The Labute approximate surface area is 103 Å². The standard InChI is InChI=1S/C13H20N2O2/c1-2-17-12(16)9-15(11-3-4-11)10-13(5-6-13)7-8-14/h11H,2-7,9-10H2,1H3. The van der Waals surface area contributed by atoms with Crippen molar-refractivity contribution in [2.75, 3.05) is 19.7 Å². The van der Waals surface area contributed by atoms with Gasteiger partial charge in [-0.2, -0.15) is 5.26 Å². The van der Waals surface area contributed by atoms with Crippen molar-refractivity contribution in [1.29, 1.82) is 5.26 Å². The molecule has 17 heavy (non-hydrogen) atoms. The molecule has 2 fully saturated rings. The molecule has 0 bridgehead atoms. The molecule has 2 aliphatic carbocycles. The fraction of sp³-hybridized carbons (Fsp3) is 0.846. The molecule has 4 heteroatoms.